The second-order valence-electron chi connectivity index (χ2n) is 7.83. The third-order valence-electron chi connectivity index (χ3n) is 5.75. The monoisotopic (exact) mass is 374 g/mol. The zero-order chi connectivity index (χ0) is 19.6. The quantitative estimate of drug-likeness (QED) is 0.682. The van der Waals surface area contributed by atoms with Gasteiger partial charge >= 0.3 is 0 Å². The van der Waals surface area contributed by atoms with Crippen LogP contribution in [0.4, 0.5) is 0 Å². The number of Topliss-reactive ketones (excluding diaryl/α,β-unsaturated/α-hetero) is 1. The van der Waals surface area contributed by atoms with E-state index >= 15 is 0 Å². The number of hydrogen-bond donors (Lipinski definition) is 3. The van der Waals surface area contributed by atoms with Gasteiger partial charge in [-0.15, -0.1) is 0 Å². The highest BCUT2D eigenvalue weighted by molar-refractivity contribution is 6.02. The molecule has 0 aliphatic carbocycles. The van der Waals surface area contributed by atoms with E-state index in [0.717, 1.165) is 43.5 Å². The summed E-state index contributed by atoms with van der Waals surface area (Å²) in [7, 11) is 0. The van der Waals surface area contributed by atoms with Crippen molar-refractivity contribution >= 4 is 17.6 Å². The fourth-order valence-electron chi connectivity index (χ4n) is 4.34. The van der Waals surface area contributed by atoms with Crippen molar-refractivity contribution in [3.8, 4) is 0 Å². The van der Waals surface area contributed by atoms with Gasteiger partial charge in [0.1, 0.15) is 5.69 Å². The highest BCUT2D eigenvalue weighted by Crippen LogP contribution is 2.23. The molecule has 1 aromatic rings. The molecular weight excluding hydrogens is 344 g/mol. The SMILES string of the molecule is CC(=O)c1c(C)[nH]c(C(=O)N2CCCC(CNC(=O)C3CCCN3)C2)c1C. The van der Waals surface area contributed by atoms with Gasteiger partial charge in [0.05, 0.1) is 6.04 Å². The van der Waals surface area contributed by atoms with Crippen LogP contribution in [0.25, 0.3) is 0 Å². The average Bonchev–Trinajstić information content (AvgIpc) is 3.27. The van der Waals surface area contributed by atoms with E-state index in [1.807, 2.05) is 18.7 Å². The number of piperidine rings is 1. The fourth-order valence-corrected chi connectivity index (χ4v) is 4.34. The molecule has 2 saturated heterocycles. The van der Waals surface area contributed by atoms with Gasteiger partial charge in [-0.05, 0) is 64.5 Å². The van der Waals surface area contributed by atoms with E-state index in [1.165, 1.54) is 6.92 Å². The Balaban J connectivity index is 1.60. The summed E-state index contributed by atoms with van der Waals surface area (Å²) in [5.41, 5.74) is 2.60. The number of rotatable bonds is 5. The van der Waals surface area contributed by atoms with E-state index < -0.39 is 0 Å². The lowest BCUT2D eigenvalue weighted by molar-refractivity contribution is -0.123. The molecule has 2 unspecified atom stereocenters. The molecule has 2 fully saturated rings. The van der Waals surface area contributed by atoms with E-state index in [9.17, 15) is 14.4 Å². The number of aromatic nitrogens is 1. The Morgan fingerprint density at radius 3 is 2.59 bits per heavy atom. The van der Waals surface area contributed by atoms with E-state index in [4.69, 9.17) is 0 Å². The standard InChI is InChI=1S/C20H30N4O3/c1-12-17(14(3)25)13(2)23-18(12)20(27)24-9-5-6-15(11-24)10-22-19(26)16-7-4-8-21-16/h15-16,21,23H,4-11H2,1-3H3,(H,22,26). The van der Waals surface area contributed by atoms with Crippen LogP contribution in [-0.4, -0.2) is 59.7 Å². The lowest BCUT2D eigenvalue weighted by Crippen LogP contribution is -2.46. The van der Waals surface area contributed by atoms with Crippen molar-refractivity contribution in [2.24, 2.45) is 5.92 Å². The van der Waals surface area contributed by atoms with Crippen LogP contribution in [0, 0.1) is 19.8 Å². The van der Waals surface area contributed by atoms with Crippen molar-refractivity contribution in [2.45, 2.75) is 52.5 Å². The van der Waals surface area contributed by atoms with Crippen molar-refractivity contribution in [1.29, 1.82) is 0 Å². The van der Waals surface area contributed by atoms with Crippen LogP contribution < -0.4 is 10.6 Å². The van der Waals surface area contributed by atoms with Gasteiger partial charge in [-0.2, -0.15) is 0 Å². The number of nitrogens with zero attached hydrogens (tertiary/aromatic N) is 1. The number of nitrogens with one attached hydrogen (secondary N) is 3. The molecule has 3 rings (SSSR count). The van der Waals surface area contributed by atoms with Crippen LogP contribution in [-0.2, 0) is 4.79 Å². The molecule has 2 aliphatic rings. The molecule has 0 radical (unpaired) electrons. The maximum absolute atomic E-state index is 13.0. The largest absolute Gasteiger partial charge is 0.354 e. The van der Waals surface area contributed by atoms with Crippen molar-refractivity contribution < 1.29 is 14.4 Å². The first-order chi connectivity index (χ1) is 12.9. The number of likely N-dealkylation sites (tertiary alicyclic amines) is 1. The Morgan fingerprint density at radius 1 is 1.19 bits per heavy atom. The third-order valence-corrected chi connectivity index (χ3v) is 5.75. The van der Waals surface area contributed by atoms with Gasteiger partial charge in [0.15, 0.2) is 5.78 Å². The Morgan fingerprint density at radius 2 is 1.96 bits per heavy atom. The second-order valence-corrected chi connectivity index (χ2v) is 7.83. The number of H-pyrrole nitrogens is 1. The molecule has 0 bridgehead atoms. The maximum Gasteiger partial charge on any atom is 0.270 e. The first-order valence-corrected chi connectivity index (χ1v) is 9.89. The smallest absolute Gasteiger partial charge is 0.270 e. The maximum atomic E-state index is 13.0. The number of aryl methyl sites for hydroxylation is 1. The zero-order valence-electron chi connectivity index (χ0n) is 16.5. The van der Waals surface area contributed by atoms with E-state index in [2.05, 4.69) is 15.6 Å². The Kier molecular flexibility index (Phi) is 5.99. The van der Waals surface area contributed by atoms with Crippen LogP contribution in [0.15, 0.2) is 0 Å². The summed E-state index contributed by atoms with van der Waals surface area (Å²) in [6.45, 7) is 8.01. The third kappa shape index (κ3) is 4.24. The van der Waals surface area contributed by atoms with Gasteiger partial charge in [0.25, 0.3) is 5.91 Å². The van der Waals surface area contributed by atoms with E-state index in [0.29, 0.717) is 30.9 Å². The number of ketones is 1. The molecule has 0 saturated carbocycles. The van der Waals surface area contributed by atoms with Gasteiger partial charge in [-0.1, -0.05) is 0 Å². The summed E-state index contributed by atoms with van der Waals surface area (Å²) < 4.78 is 0. The number of amides is 2. The molecule has 0 spiro atoms. The summed E-state index contributed by atoms with van der Waals surface area (Å²) in [6, 6.07) is -0.0686. The Hall–Kier alpha value is -2.15. The molecular formula is C20H30N4O3. The first-order valence-electron chi connectivity index (χ1n) is 9.89. The van der Waals surface area contributed by atoms with Crippen molar-refractivity contribution in [3.63, 3.8) is 0 Å². The minimum absolute atomic E-state index is 0.0277. The fraction of sp³-hybridized carbons (Fsp3) is 0.650. The Labute approximate surface area is 160 Å². The lowest BCUT2D eigenvalue weighted by Gasteiger charge is -2.33. The summed E-state index contributed by atoms with van der Waals surface area (Å²) >= 11 is 0. The molecule has 2 amide bonds. The number of hydrogen-bond acceptors (Lipinski definition) is 4. The molecule has 3 heterocycles. The average molecular weight is 374 g/mol. The highest BCUT2D eigenvalue weighted by atomic mass is 16.2. The molecule has 7 heteroatoms. The van der Waals surface area contributed by atoms with Gasteiger partial charge < -0.3 is 20.5 Å². The number of carbonyl (C=O) groups is 3. The normalized spacial score (nSPS) is 22.7. The molecule has 148 valence electrons. The summed E-state index contributed by atoms with van der Waals surface area (Å²) in [5, 5.41) is 6.25. The van der Waals surface area contributed by atoms with Gasteiger partial charge in [0.2, 0.25) is 5.91 Å². The molecule has 2 atom stereocenters. The number of carbonyl (C=O) groups excluding carboxylic acids is 3. The van der Waals surface area contributed by atoms with Crippen LogP contribution in [0.1, 0.15) is 64.7 Å². The topological polar surface area (TPSA) is 94.3 Å². The predicted octanol–water partition coefficient (Wildman–Crippen LogP) is 1.55. The van der Waals surface area contributed by atoms with Crippen molar-refractivity contribution in [3.05, 3.63) is 22.5 Å². The van der Waals surface area contributed by atoms with Gasteiger partial charge in [0, 0.05) is 30.9 Å². The minimum atomic E-state index is -0.0686. The van der Waals surface area contributed by atoms with Crippen LogP contribution in [0.5, 0.6) is 0 Å². The summed E-state index contributed by atoms with van der Waals surface area (Å²) in [5.74, 6) is 0.242. The molecule has 3 N–H and O–H groups in total. The molecule has 2 aliphatic heterocycles. The van der Waals surface area contributed by atoms with E-state index in [1.54, 1.807) is 0 Å². The van der Waals surface area contributed by atoms with Gasteiger partial charge in [-0.25, -0.2) is 0 Å². The summed E-state index contributed by atoms with van der Waals surface area (Å²) in [6.07, 6.45) is 3.86. The lowest BCUT2D eigenvalue weighted by atomic mass is 9.97. The number of aromatic amines is 1. The van der Waals surface area contributed by atoms with Crippen molar-refractivity contribution in [1.82, 2.24) is 20.5 Å². The van der Waals surface area contributed by atoms with Crippen LogP contribution in [0.2, 0.25) is 0 Å². The zero-order valence-corrected chi connectivity index (χ0v) is 16.5. The van der Waals surface area contributed by atoms with E-state index in [-0.39, 0.29) is 29.6 Å². The Bertz CT molecular complexity index is 734. The van der Waals surface area contributed by atoms with Crippen molar-refractivity contribution in [2.75, 3.05) is 26.2 Å². The molecule has 1 aromatic heterocycles. The molecule has 0 aromatic carbocycles. The highest BCUT2D eigenvalue weighted by Gasteiger charge is 2.29. The predicted molar refractivity (Wildman–Crippen MR) is 103 cm³/mol. The second kappa shape index (κ2) is 8.25. The van der Waals surface area contributed by atoms with Crippen LogP contribution in [0.3, 0.4) is 0 Å². The first kappa shape index (κ1) is 19.6. The van der Waals surface area contributed by atoms with Crippen LogP contribution >= 0.6 is 0 Å². The van der Waals surface area contributed by atoms with Gasteiger partial charge in [-0.3, -0.25) is 14.4 Å². The molecule has 7 nitrogen and oxygen atoms in total. The molecule has 27 heavy (non-hydrogen) atoms. The minimum Gasteiger partial charge on any atom is -0.354 e. The summed E-state index contributed by atoms with van der Waals surface area (Å²) in [4.78, 5) is 41.9.